The summed E-state index contributed by atoms with van der Waals surface area (Å²) in [6, 6.07) is 12.7. The van der Waals surface area contributed by atoms with E-state index in [-0.39, 0.29) is 17.9 Å². The summed E-state index contributed by atoms with van der Waals surface area (Å²) in [6.07, 6.45) is 0. The molecule has 0 aliphatic heterocycles. The van der Waals surface area contributed by atoms with Gasteiger partial charge in [0.05, 0.1) is 15.8 Å². The van der Waals surface area contributed by atoms with E-state index in [1.807, 2.05) is 12.1 Å². The molecule has 0 bridgehead atoms. The number of aliphatic carboxylic acids is 1. The van der Waals surface area contributed by atoms with E-state index in [0.717, 1.165) is 28.9 Å². The van der Waals surface area contributed by atoms with Gasteiger partial charge in [-0.05, 0) is 31.4 Å². The van der Waals surface area contributed by atoms with Crippen molar-refractivity contribution in [2.45, 2.75) is 26.0 Å². The van der Waals surface area contributed by atoms with Crippen LogP contribution in [0.4, 0.5) is 8.78 Å². The average molecular weight is 456 g/mol. The number of nitrogens with one attached hydrogen (secondary N) is 1. The topological polar surface area (TPSA) is 88.5 Å². The van der Waals surface area contributed by atoms with Gasteiger partial charge in [0.1, 0.15) is 22.9 Å². The van der Waals surface area contributed by atoms with Crippen molar-refractivity contribution in [1.82, 2.24) is 10.3 Å². The molecular formula is C23H18F2N2O4S. The Kier molecular flexibility index (Phi) is 5.52. The van der Waals surface area contributed by atoms with Crippen molar-refractivity contribution < 1.29 is 28.2 Å². The number of halogens is 2. The largest absolute Gasteiger partial charge is 0.485 e. The molecule has 32 heavy (non-hydrogen) atoms. The highest BCUT2D eigenvalue weighted by atomic mass is 32.1. The van der Waals surface area contributed by atoms with Gasteiger partial charge >= 0.3 is 5.97 Å². The van der Waals surface area contributed by atoms with Crippen LogP contribution >= 0.6 is 11.3 Å². The zero-order chi connectivity index (χ0) is 23.0. The van der Waals surface area contributed by atoms with Gasteiger partial charge in [0.15, 0.2) is 11.6 Å². The number of hydrogen-bond acceptors (Lipinski definition) is 5. The molecule has 4 rings (SSSR count). The number of carboxylic acids is 1. The highest BCUT2D eigenvalue weighted by Crippen LogP contribution is 2.32. The lowest BCUT2D eigenvalue weighted by molar-refractivity contribution is -0.143. The van der Waals surface area contributed by atoms with Gasteiger partial charge in [0.25, 0.3) is 5.91 Å². The Hall–Kier alpha value is -3.59. The zero-order valence-electron chi connectivity index (χ0n) is 17.1. The predicted octanol–water partition coefficient (Wildman–Crippen LogP) is 4.90. The minimum atomic E-state index is -1.48. The number of nitrogens with zero attached hydrogens (tertiary/aromatic N) is 1. The highest BCUT2D eigenvalue weighted by Gasteiger charge is 2.30. The minimum Gasteiger partial charge on any atom is -0.485 e. The first kappa shape index (κ1) is 21.6. The summed E-state index contributed by atoms with van der Waals surface area (Å²) in [5, 5.41) is 13.8. The molecule has 0 saturated heterocycles. The van der Waals surface area contributed by atoms with Crippen LogP contribution in [-0.4, -0.2) is 27.5 Å². The molecule has 0 unspecified atom stereocenters. The summed E-state index contributed by atoms with van der Waals surface area (Å²) in [5.41, 5.74) is -1.01. The number of fused-ring (bicyclic) bond motifs is 2. The Morgan fingerprint density at radius 3 is 2.59 bits per heavy atom. The maximum absolute atomic E-state index is 13.5. The van der Waals surface area contributed by atoms with Crippen molar-refractivity contribution in [2.75, 3.05) is 0 Å². The number of carboxylic acid groups (broad SMARTS) is 1. The Bertz CT molecular complexity index is 1330. The fourth-order valence-electron chi connectivity index (χ4n) is 3.15. The van der Waals surface area contributed by atoms with Crippen molar-refractivity contribution in [3.63, 3.8) is 0 Å². The van der Waals surface area contributed by atoms with Crippen LogP contribution in [0.25, 0.3) is 21.0 Å². The van der Waals surface area contributed by atoms with Crippen LogP contribution in [0.3, 0.4) is 0 Å². The first-order chi connectivity index (χ1) is 15.2. The number of ether oxygens (including phenoxy) is 1. The minimum absolute atomic E-state index is 0.0425. The molecule has 9 heteroatoms. The van der Waals surface area contributed by atoms with Gasteiger partial charge < -0.3 is 15.2 Å². The maximum atomic E-state index is 13.5. The van der Waals surface area contributed by atoms with Gasteiger partial charge in [-0.2, -0.15) is 0 Å². The van der Waals surface area contributed by atoms with Crippen molar-refractivity contribution in [3.8, 4) is 5.75 Å². The molecule has 6 nitrogen and oxygen atoms in total. The first-order valence-electron chi connectivity index (χ1n) is 9.60. The van der Waals surface area contributed by atoms with E-state index in [2.05, 4.69) is 10.3 Å². The molecule has 0 aliphatic rings. The Morgan fingerprint density at radius 2 is 1.84 bits per heavy atom. The third-order valence-corrected chi connectivity index (χ3v) is 5.89. The number of carbonyl (C=O) groups excluding carboxylic acids is 1. The van der Waals surface area contributed by atoms with Gasteiger partial charge in [-0.1, -0.05) is 30.3 Å². The molecule has 0 saturated carbocycles. The van der Waals surface area contributed by atoms with E-state index in [1.165, 1.54) is 13.8 Å². The molecule has 0 atom stereocenters. The normalized spacial score (nSPS) is 11.6. The molecule has 0 radical (unpaired) electrons. The SMILES string of the molecule is CC(C)(NC(=O)c1ccc2ccccc2c1OCc1nc2cc(F)c(F)cc2s1)C(=O)O. The molecule has 0 spiro atoms. The second-order valence-electron chi connectivity index (χ2n) is 7.68. The van der Waals surface area contributed by atoms with Crippen LogP contribution in [0.5, 0.6) is 5.75 Å². The number of carbonyl (C=O) groups is 2. The summed E-state index contributed by atoms with van der Waals surface area (Å²) >= 11 is 1.15. The summed E-state index contributed by atoms with van der Waals surface area (Å²) in [7, 11) is 0. The second-order valence-corrected chi connectivity index (χ2v) is 8.79. The fraction of sp³-hybridized carbons (Fsp3) is 0.174. The molecule has 0 fully saturated rings. The van der Waals surface area contributed by atoms with E-state index in [0.29, 0.717) is 20.6 Å². The summed E-state index contributed by atoms with van der Waals surface area (Å²) < 4.78 is 33.4. The molecule has 3 aromatic carbocycles. The lowest BCUT2D eigenvalue weighted by Crippen LogP contribution is -2.49. The van der Waals surface area contributed by atoms with Gasteiger partial charge in [0, 0.05) is 11.5 Å². The van der Waals surface area contributed by atoms with Crippen LogP contribution in [0.2, 0.25) is 0 Å². The zero-order valence-corrected chi connectivity index (χ0v) is 17.9. The number of rotatable bonds is 6. The smallest absolute Gasteiger partial charge is 0.328 e. The number of amides is 1. The highest BCUT2D eigenvalue weighted by molar-refractivity contribution is 7.18. The Morgan fingerprint density at radius 1 is 1.12 bits per heavy atom. The number of benzene rings is 3. The molecule has 1 heterocycles. The van der Waals surface area contributed by atoms with Crippen molar-refractivity contribution in [1.29, 1.82) is 0 Å². The lowest BCUT2D eigenvalue weighted by Gasteiger charge is -2.22. The van der Waals surface area contributed by atoms with E-state index in [4.69, 9.17) is 4.74 Å². The molecule has 4 aromatic rings. The number of hydrogen-bond donors (Lipinski definition) is 2. The molecular weight excluding hydrogens is 438 g/mol. The fourth-order valence-corrected chi connectivity index (χ4v) is 4.04. The standard InChI is InChI=1S/C23H18F2N2O4S/c1-23(2,22(29)30)27-21(28)14-8-7-12-5-3-4-6-13(12)20(14)31-11-19-26-17-9-15(24)16(25)10-18(17)32-19/h3-10H,11H2,1-2H3,(H,27,28)(H,29,30). The van der Waals surface area contributed by atoms with Gasteiger partial charge in [-0.15, -0.1) is 11.3 Å². The van der Waals surface area contributed by atoms with Crippen molar-refractivity contribution in [2.24, 2.45) is 0 Å². The second kappa shape index (κ2) is 8.16. The number of thiazole rings is 1. The van der Waals surface area contributed by atoms with Crippen molar-refractivity contribution >= 4 is 44.2 Å². The molecule has 1 aromatic heterocycles. The summed E-state index contributed by atoms with van der Waals surface area (Å²) in [5.74, 6) is -3.46. The van der Waals surface area contributed by atoms with E-state index >= 15 is 0 Å². The summed E-state index contributed by atoms with van der Waals surface area (Å²) in [4.78, 5) is 28.6. The van der Waals surface area contributed by atoms with Crippen LogP contribution in [0.15, 0.2) is 48.5 Å². The lowest BCUT2D eigenvalue weighted by atomic mass is 10.0. The average Bonchev–Trinajstić information content (AvgIpc) is 3.13. The van der Waals surface area contributed by atoms with Crippen LogP contribution in [-0.2, 0) is 11.4 Å². The molecule has 164 valence electrons. The number of aromatic nitrogens is 1. The Labute approximate surface area is 185 Å². The third kappa shape index (κ3) is 4.11. The van der Waals surface area contributed by atoms with Gasteiger partial charge in [0.2, 0.25) is 0 Å². The maximum Gasteiger partial charge on any atom is 0.328 e. The van der Waals surface area contributed by atoms with E-state index < -0.39 is 29.0 Å². The quantitative estimate of drug-likeness (QED) is 0.431. The van der Waals surface area contributed by atoms with Crippen LogP contribution in [0, 0.1) is 11.6 Å². The Balaban J connectivity index is 1.69. The van der Waals surface area contributed by atoms with E-state index in [1.54, 1.807) is 24.3 Å². The monoisotopic (exact) mass is 456 g/mol. The van der Waals surface area contributed by atoms with E-state index in [9.17, 15) is 23.5 Å². The van der Waals surface area contributed by atoms with Crippen LogP contribution in [0.1, 0.15) is 29.2 Å². The predicted molar refractivity (Wildman–Crippen MR) is 117 cm³/mol. The van der Waals surface area contributed by atoms with Gasteiger partial charge in [-0.3, -0.25) is 4.79 Å². The summed E-state index contributed by atoms with van der Waals surface area (Å²) in [6.45, 7) is 2.72. The van der Waals surface area contributed by atoms with Crippen molar-refractivity contribution in [3.05, 3.63) is 70.7 Å². The molecule has 1 amide bonds. The van der Waals surface area contributed by atoms with Crippen LogP contribution < -0.4 is 10.1 Å². The van der Waals surface area contributed by atoms with Gasteiger partial charge in [-0.25, -0.2) is 18.6 Å². The first-order valence-corrected chi connectivity index (χ1v) is 10.4. The third-order valence-electron chi connectivity index (χ3n) is 4.90. The molecule has 0 aliphatic carbocycles. The molecule has 2 N–H and O–H groups in total.